The first-order valence-corrected chi connectivity index (χ1v) is 1.52. The molecule has 0 aromatic heterocycles. The number of rotatable bonds is 0. The van der Waals surface area contributed by atoms with Crippen molar-refractivity contribution >= 4 is 37.7 Å². The van der Waals surface area contributed by atoms with E-state index < -0.39 is 0 Å². The van der Waals surface area contributed by atoms with Gasteiger partial charge in [0.25, 0.3) is 0 Å². The summed E-state index contributed by atoms with van der Waals surface area (Å²) in [6.45, 7) is 0. The Morgan fingerprint density at radius 2 is 1.67 bits per heavy atom. The molecule has 0 saturated carbocycles. The van der Waals surface area contributed by atoms with Crippen molar-refractivity contribution in [2.75, 3.05) is 0 Å². The van der Waals surface area contributed by atoms with Crippen LogP contribution in [0.5, 0.6) is 0 Å². The van der Waals surface area contributed by atoms with Crippen LogP contribution in [0.1, 0.15) is 0 Å². The first-order valence-electron chi connectivity index (χ1n) is 0.855. The van der Waals surface area contributed by atoms with E-state index in [2.05, 4.69) is 28.4 Å². The molecule has 0 heterocycles. The topological polar surface area (TPSA) is 0 Å². The van der Waals surface area contributed by atoms with Crippen LogP contribution in [0.25, 0.3) is 0 Å². The molecule has 0 spiro atoms. The van der Waals surface area contributed by atoms with Crippen LogP contribution < -0.4 is 0 Å². The Labute approximate surface area is 71.0 Å². The molecule has 30 valence electrons. The average molecular weight is 119 g/mol. The maximum absolute atomic E-state index is 4.67. The Morgan fingerprint density at radius 1 is 1.50 bits per heavy atom. The fourth-order valence-electron chi connectivity index (χ4n) is 0. The molecule has 6 heavy (non-hydrogen) atoms. The van der Waals surface area contributed by atoms with Crippen molar-refractivity contribution in [1.82, 2.24) is 0 Å². The van der Waals surface area contributed by atoms with Crippen molar-refractivity contribution in [1.29, 1.82) is 0 Å². The molecular formula is C3H5CuLi2. The summed E-state index contributed by atoms with van der Waals surface area (Å²) in [6.07, 6.45) is 4.67. The van der Waals surface area contributed by atoms with Gasteiger partial charge in [-0.3, -0.25) is 0 Å². The number of hydrogen-bond donors (Lipinski definition) is 0. The predicted molar refractivity (Wildman–Crippen MR) is 27.9 cm³/mol. The molecule has 0 unspecified atom stereocenters. The van der Waals surface area contributed by atoms with Gasteiger partial charge in [0.15, 0.2) is 0 Å². The summed E-state index contributed by atoms with van der Waals surface area (Å²) in [7, 11) is 0. The van der Waals surface area contributed by atoms with Gasteiger partial charge in [-0.25, -0.2) is 0 Å². The van der Waals surface area contributed by atoms with Gasteiger partial charge in [-0.15, -0.1) is 0 Å². The second-order valence-corrected chi connectivity index (χ2v) is 0.644. The molecular weight excluding hydrogens is 113 g/mol. The summed E-state index contributed by atoms with van der Waals surface area (Å²) in [6, 6.07) is 0. The van der Waals surface area contributed by atoms with Crippen LogP contribution in [-0.4, -0.2) is 37.7 Å². The molecule has 0 bridgehead atoms. The summed E-state index contributed by atoms with van der Waals surface area (Å²) in [4.78, 5) is 0. The molecule has 0 fully saturated rings. The van der Waals surface area contributed by atoms with E-state index >= 15 is 0 Å². The molecule has 0 aliphatic carbocycles. The Bertz CT molecular complexity index is 38.5. The Kier molecular flexibility index (Phi) is 42.5. The van der Waals surface area contributed by atoms with Crippen LogP contribution in [0.3, 0.4) is 0 Å². The van der Waals surface area contributed by atoms with Gasteiger partial charge in [0.05, 0.1) is 0 Å². The average Bonchev–Trinajstić information content (AvgIpc) is 1.37. The second-order valence-electron chi connectivity index (χ2n) is 0.311. The standard InChI is InChI=1S/C3H3.Cu.2Li.2H/c1-3-2;;;;;/h1H,2H2;;;;;. The summed E-state index contributed by atoms with van der Waals surface area (Å²) in [5.41, 5.74) is 0. The van der Waals surface area contributed by atoms with Gasteiger partial charge in [-0.05, 0) is 0 Å². The monoisotopic (exact) mass is 118 g/mol. The van der Waals surface area contributed by atoms with E-state index in [9.17, 15) is 0 Å². The number of hydrogen-bond acceptors (Lipinski definition) is 0. The second kappa shape index (κ2) is 16.3. The van der Waals surface area contributed by atoms with E-state index in [1.54, 1.807) is 0 Å². The molecule has 0 aliphatic heterocycles. The maximum atomic E-state index is 4.67. The van der Waals surface area contributed by atoms with E-state index in [4.69, 9.17) is 0 Å². The molecule has 3 heteroatoms. The summed E-state index contributed by atoms with van der Waals surface area (Å²) >= 11 is 4.44. The quantitative estimate of drug-likeness (QED) is 0.291. The first kappa shape index (κ1) is 15.7. The minimum absolute atomic E-state index is 0. The van der Waals surface area contributed by atoms with Crippen molar-refractivity contribution in [2.24, 2.45) is 0 Å². The number of terminal acetylenes is 1. The van der Waals surface area contributed by atoms with Gasteiger partial charge in [0, 0.05) is 0 Å². The van der Waals surface area contributed by atoms with Gasteiger partial charge in [0.1, 0.15) is 0 Å². The summed E-state index contributed by atoms with van der Waals surface area (Å²) in [5, 5.41) is 0.410. The van der Waals surface area contributed by atoms with Gasteiger partial charge in [-0.1, -0.05) is 0 Å². The van der Waals surface area contributed by atoms with Gasteiger partial charge < -0.3 is 0 Å². The zero-order valence-electron chi connectivity index (χ0n) is 2.09. The first-order chi connectivity index (χ1) is 1.91. The van der Waals surface area contributed by atoms with E-state index in [0.717, 1.165) is 0 Å². The molecule has 0 aromatic carbocycles. The SMILES string of the molecule is C#C[CH2][Cu].[LiH].[LiH]. The van der Waals surface area contributed by atoms with E-state index in [0.29, 0.717) is 5.32 Å². The molecule has 0 amide bonds. The van der Waals surface area contributed by atoms with Crippen LogP contribution >= 0.6 is 0 Å². The zero-order valence-corrected chi connectivity index (χ0v) is 3.03. The minimum atomic E-state index is 0. The third-order valence-electron chi connectivity index (χ3n) is 0.0615. The van der Waals surface area contributed by atoms with Gasteiger partial charge in [0.2, 0.25) is 0 Å². The molecule has 0 aromatic rings. The zero-order chi connectivity index (χ0) is 3.41. The van der Waals surface area contributed by atoms with Crippen molar-refractivity contribution in [2.45, 2.75) is 5.32 Å². The summed E-state index contributed by atoms with van der Waals surface area (Å²) < 4.78 is 0. The molecule has 0 atom stereocenters. The van der Waals surface area contributed by atoms with Crippen molar-refractivity contribution in [3.05, 3.63) is 0 Å². The normalized spacial score (nSPS) is 3.50. The fourth-order valence-corrected chi connectivity index (χ4v) is 0. The predicted octanol–water partition coefficient (Wildman–Crippen LogP) is -0.712. The van der Waals surface area contributed by atoms with E-state index in [1.807, 2.05) is 0 Å². The third kappa shape index (κ3) is 18.6. The van der Waals surface area contributed by atoms with Crippen LogP contribution in [0, 0.1) is 12.3 Å². The Morgan fingerprint density at radius 3 is 1.67 bits per heavy atom. The van der Waals surface area contributed by atoms with Gasteiger partial charge >= 0.3 is 71.4 Å². The molecule has 0 N–H and O–H groups in total. The molecule has 0 saturated heterocycles. The molecule has 0 aliphatic rings. The Balaban J connectivity index is -0.0000000450. The molecule has 0 rings (SSSR count). The van der Waals surface area contributed by atoms with Crippen molar-refractivity contribution < 1.29 is 16.0 Å². The third-order valence-corrected chi connectivity index (χ3v) is 0.254. The van der Waals surface area contributed by atoms with Crippen LogP contribution in [0.15, 0.2) is 0 Å². The van der Waals surface area contributed by atoms with Crippen molar-refractivity contribution in [3.8, 4) is 12.3 Å². The van der Waals surface area contributed by atoms with Crippen LogP contribution in [-0.2, 0) is 16.0 Å². The fraction of sp³-hybridized carbons (Fsp3) is 0.333. The van der Waals surface area contributed by atoms with E-state index in [-0.39, 0.29) is 37.7 Å². The van der Waals surface area contributed by atoms with Gasteiger partial charge in [-0.2, -0.15) is 0 Å². The summed E-state index contributed by atoms with van der Waals surface area (Å²) in [5.74, 6) is 2.24. The van der Waals surface area contributed by atoms with Crippen LogP contribution in [0.4, 0.5) is 0 Å². The van der Waals surface area contributed by atoms with E-state index in [1.165, 1.54) is 0 Å². The van der Waals surface area contributed by atoms with Crippen molar-refractivity contribution in [3.63, 3.8) is 0 Å². The Hall–Kier alpha value is 1.27. The van der Waals surface area contributed by atoms with Crippen LogP contribution in [0.2, 0.25) is 5.32 Å². The molecule has 0 radical (unpaired) electrons. The molecule has 0 nitrogen and oxygen atoms in total.